The minimum Gasteiger partial charge on any atom is -0.268 e. The molecule has 0 saturated carbocycles. The van der Waals surface area contributed by atoms with Gasteiger partial charge in [0.15, 0.2) is 5.15 Å². The highest BCUT2D eigenvalue weighted by Crippen LogP contribution is 2.20. The Kier molecular flexibility index (Phi) is 4.71. The maximum atomic E-state index is 13.2. The molecular formula is C22H13ClN4O. The molecule has 2 aromatic carbocycles. The van der Waals surface area contributed by atoms with E-state index in [0.717, 1.165) is 5.56 Å². The zero-order valence-corrected chi connectivity index (χ0v) is 15.3. The van der Waals surface area contributed by atoms with Crippen LogP contribution < -0.4 is 5.56 Å². The van der Waals surface area contributed by atoms with Gasteiger partial charge in [0.05, 0.1) is 28.2 Å². The number of nitrogens with zero attached hydrogens (tertiary/aromatic N) is 4. The molecule has 4 aromatic rings. The van der Waals surface area contributed by atoms with E-state index in [4.69, 9.17) is 11.6 Å². The molecule has 2 aromatic heterocycles. The Morgan fingerprint density at radius 2 is 1.79 bits per heavy atom. The monoisotopic (exact) mass is 384 g/mol. The summed E-state index contributed by atoms with van der Waals surface area (Å²) in [5.74, 6) is 0.395. The molecule has 0 aliphatic rings. The van der Waals surface area contributed by atoms with Crippen LogP contribution in [0.2, 0.25) is 5.15 Å². The van der Waals surface area contributed by atoms with E-state index in [9.17, 15) is 10.1 Å². The number of hydrogen-bond acceptors (Lipinski definition) is 4. The summed E-state index contributed by atoms with van der Waals surface area (Å²) < 4.78 is 1.43. The molecule has 5 nitrogen and oxygen atoms in total. The van der Waals surface area contributed by atoms with Gasteiger partial charge in [-0.1, -0.05) is 41.9 Å². The molecule has 0 radical (unpaired) electrons. The standard InChI is InChI=1S/C22H13ClN4O/c23-21-19(10-5-13-25-21)27-20(12-11-15-6-1-2-7-16(15)14-24)26-18-9-4-3-8-17(18)22(27)28/h1-13H/b12-11+. The minimum atomic E-state index is -0.242. The molecular weight excluding hydrogens is 372 g/mol. The van der Waals surface area contributed by atoms with Crippen molar-refractivity contribution in [2.45, 2.75) is 0 Å². The lowest BCUT2D eigenvalue weighted by atomic mass is 10.1. The SMILES string of the molecule is N#Cc1ccccc1/C=C/c1nc2ccccc2c(=O)n1-c1cccnc1Cl. The first-order valence-electron chi connectivity index (χ1n) is 8.49. The van der Waals surface area contributed by atoms with Gasteiger partial charge in [-0.15, -0.1) is 0 Å². The van der Waals surface area contributed by atoms with E-state index < -0.39 is 0 Å². The van der Waals surface area contributed by atoms with Gasteiger partial charge in [-0.3, -0.25) is 9.36 Å². The van der Waals surface area contributed by atoms with Crippen molar-refractivity contribution in [3.63, 3.8) is 0 Å². The second-order valence-corrected chi connectivity index (χ2v) is 6.33. The van der Waals surface area contributed by atoms with Crippen LogP contribution in [0.15, 0.2) is 71.7 Å². The fraction of sp³-hybridized carbons (Fsp3) is 0. The molecule has 0 N–H and O–H groups in total. The molecule has 0 bridgehead atoms. The summed E-state index contributed by atoms with van der Waals surface area (Å²) in [6, 6.07) is 19.9. The summed E-state index contributed by atoms with van der Waals surface area (Å²) >= 11 is 6.25. The lowest BCUT2D eigenvalue weighted by Crippen LogP contribution is -2.22. The average Bonchev–Trinajstić information content (AvgIpc) is 2.73. The predicted octanol–water partition coefficient (Wildman–Crippen LogP) is 4.48. The maximum absolute atomic E-state index is 13.2. The number of pyridine rings is 1. The molecule has 0 aliphatic carbocycles. The lowest BCUT2D eigenvalue weighted by molar-refractivity contribution is 0.935. The van der Waals surface area contributed by atoms with Gasteiger partial charge in [0.1, 0.15) is 5.82 Å². The third kappa shape index (κ3) is 3.18. The van der Waals surface area contributed by atoms with Crippen molar-refractivity contribution in [3.8, 4) is 11.8 Å². The van der Waals surface area contributed by atoms with E-state index in [0.29, 0.717) is 28.0 Å². The Labute approximate surface area is 165 Å². The lowest BCUT2D eigenvalue weighted by Gasteiger charge is -2.12. The number of halogens is 1. The van der Waals surface area contributed by atoms with Crippen LogP contribution in [0.4, 0.5) is 0 Å². The highest BCUT2D eigenvalue weighted by atomic mass is 35.5. The molecule has 134 valence electrons. The van der Waals surface area contributed by atoms with E-state index in [1.165, 1.54) is 4.57 Å². The summed E-state index contributed by atoms with van der Waals surface area (Å²) in [6.45, 7) is 0. The zero-order chi connectivity index (χ0) is 19.5. The molecule has 28 heavy (non-hydrogen) atoms. The van der Waals surface area contributed by atoms with E-state index in [-0.39, 0.29) is 10.7 Å². The Bertz CT molecular complexity index is 1320. The Morgan fingerprint density at radius 1 is 1.00 bits per heavy atom. The van der Waals surface area contributed by atoms with Crippen molar-refractivity contribution >= 4 is 34.7 Å². The number of rotatable bonds is 3. The molecule has 2 heterocycles. The van der Waals surface area contributed by atoms with Crippen LogP contribution in [-0.4, -0.2) is 14.5 Å². The van der Waals surface area contributed by atoms with E-state index >= 15 is 0 Å². The predicted molar refractivity (Wildman–Crippen MR) is 110 cm³/mol. The fourth-order valence-electron chi connectivity index (χ4n) is 2.95. The van der Waals surface area contributed by atoms with Crippen LogP contribution in [0.5, 0.6) is 0 Å². The first-order chi connectivity index (χ1) is 13.7. The van der Waals surface area contributed by atoms with Crippen LogP contribution in [-0.2, 0) is 0 Å². The van der Waals surface area contributed by atoms with Crippen molar-refractivity contribution < 1.29 is 0 Å². The van der Waals surface area contributed by atoms with Gasteiger partial charge in [-0.25, -0.2) is 9.97 Å². The Morgan fingerprint density at radius 3 is 2.61 bits per heavy atom. The fourth-order valence-corrected chi connectivity index (χ4v) is 3.15. The first-order valence-corrected chi connectivity index (χ1v) is 8.87. The molecule has 0 amide bonds. The summed E-state index contributed by atoms with van der Waals surface area (Å²) in [5.41, 5.74) is 2.05. The number of para-hydroxylation sites is 1. The zero-order valence-electron chi connectivity index (χ0n) is 14.6. The van der Waals surface area contributed by atoms with Crippen molar-refractivity contribution in [2.24, 2.45) is 0 Å². The van der Waals surface area contributed by atoms with Gasteiger partial charge in [-0.2, -0.15) is 5.26 Å². The number of fused-ring (bicyclic) bond motifs is 1. The van der Waals surface area contributed by atoms with Crippen molar-refractivity contribution in [1.82, 2.24) is 14.5 Å². The number of nitriles is 1. The normalized spacial score (nSPS) is 11.0. The smallest absolute Gasteiger partial charge is 0.266 e. The molecule has 0 aliphatic heterocycles. The quantitative estimate of drug-likeness (QED) is 0.488. The van der Waals surface area contributed by atoms with Crippen LogP contribution >= 0.6 is 11.6 Å². The molecule has 0 saturated heterocycles. The highest BCUT2D eigenvalue weighted by molar-refractivity contribution is 6.31. The third-order valence-corrected chi connectivity index (χ3v) is 4.57. The molecule has 0 spiro atoms. The van der Waals surface area contributed by atoms with Crippen molar-refractivity contribution in [1.29, 1.82) is 5.26 Å². The van der Waals surface area contributed by atoms with Crippen molar-refractivity contribution in [3.05, 3.63) is 99.3 Å². The van der Waals surface area contributed by atoms with Gasteiger partial charge in [0.2, 0.25) is 0 Å². The average molecular weight is 385 g/mol. The van der Waals surface area contributed by atoms with Gasteiger partial charge in [0, 0.05) is 6.20 Å². The van der Waals surface area contributed by atoms with Crippen molar-refractivity contribution in [2.75, 3.05) is 0 Å². The van der Waals surface area contributed by atoms with Gasteiger partial charge < -0.3 is 0 Å². The number of benzene rings is 2. The van der Waals surface area contributed by atoms with Crippen LogP contribution in [0, 0.1) is 11.3 Å². The highest BCUT2D eigenvalue weighted by Gasteiger charge is 2.13. The largest absolute Gasteiger partial charge is 0.268 e. The first kappa shape index (κ1) is 17.7. The molecule has 4 rings (SSSR count). The number of hydrogen-bond donors (Lipinski definition) is 0. The second-order valence-electron chi connectivity index (χ2n) is 5.97. The molecule has 0 atom stereocenters. The summed E-state index contributed by atoms with van der Waals surface area (Å²) in [5, 5.41) is 9.98. The van der Waals surface area contributed by atoms with Crippen LogP contribution in [0.25, 0.3) is 28.7 Å². The minimum absolute atomic E-state index is 0.203. The summed E-state index contributed by atoms with van der Waals surface area (Å²) in [4.78, 5) is 21.9. The summed E-state index contributed by atoms with van der Waals surface area (Å²) in [6.07, 6.45) is 5.02. The Hall–Kier alpha value is -3.75. The maximum Gasteiger partial charge on any atom is 0.266 e. The van der Waals surface area contributed by atoms with Crippen LogP contribution in [0.1, 0.15) is 17.0 Å². The van der Waals surface area contributed by atoms with Gasteiger partial charge >= 0.3 is 0 Å². The van der Waals surface area contributed by atoms with E-state index in [1.54, 1.807) is 60.8 Å². The van der Waals surface area contributed by atoms with Crippen LogP contribution in [0.3, 0.4) is 0 Å². The topological polar surface area (TPSA) is 71.6 Å². The third-order valence-electron chi connectivity index (χ3n) is 4.28. The number of aromatic nitrogens is 3. The summed E-state index contributed by atoms with van der Waals surface area (Å²) in [7, 11) is 0. The second kappa shape index (κ2) is 7.47. The van der Waals surface area contributed by atoms with Gasteiger partial charge in [0.25, 0.3) is 5.56 Å². The molecule has 0 fully saturated rings. The van der Waals surface area contributed by atoms with Gasteiger partial charge in [-0.05, 0) is 48.0 Å². The molecule has 6 heteroatoms. The Balaban J connectivity index is 1.98. The van der Waals surface area contributed by atoms with E-state index in [2.05, 4.69) is 16.0 Å². The van der Waals surface area contributed by atoms with E-state index in [1.807, 2.05) is 18.2 Å². The molecule has 0 unspecified atom stereocenters.